The molecule has 0 saturated heterocycles. The second kappa shape index (κ2) is 4.06. The Balaban J connectivity index is 3.03. The second-order valence-corrected chi connectivity index (χ2v) is 4.08. The molecule has 15 heavy (non-hydrogen) atoms. The minimum Gasteiger partial charge on any atom is -0.478 e. The van der Waals surface area contributed by atoms with Gasteiger partial charge in [0, 0.05) is 6.20 Å². The van der Waals surface area contributed by atoms with Crippen LogP contribution >= 0.6 is 0 Å². The van der Waals surface area contributed by atoms with Crippen LogP contribution in [0.2, 0.25) is 0 Å². The van der Waals surface area contributed by atoms with E-state index in [0.29, 0.717) is 6.42 Å². The molecule has 4 nitrogen and oxygen atoms in total. The molecule has 4 heteroatoms. The molecule has 1 aliphatic rings. The third-order valence-corrected chi connectivity index (χ3v) is 2.73. The molecule has 1 aliphatic heterocycles. The SMILES string of the molecule is CCC(O)N1C=CC=C(C(=O)O)C1(C)C. The van der Waals surface area contributed by atoms with Crippen LogP contribution < -0.4 is 0 Å². The van der Waals surface area contributed by atoms with Crippen LogP contribution in [-0.4, -0.2) is 32.8 Å². The van der Waals surface area contributed by atoms with E-state index in [1.165, 1.54) is 0 Å². The van der Waals surface area contributed by atoms with Crippen LogP contribution in [0.4, 0.5) is 0 Å². The first-order valence-electron chi connectivity index (χ1n) is 5.00. The number of aliphatic carboxylic acids is 1. The lowest BCUT2D eigenvalue weighted by Crippen LogP contribution is -2.50. The van der Waals surface area contributed by atoms with Crippen LogP contribution in [-0.2, 0) is 4.79 Å². The number of nitrogens with zero attached hydrogens (tertiary/aromatic N) is 1. The molecule has 0 spiro atoms. The van der Waals surface area contributed by atoms with Gasteiger partial charge in [-0.3, -0.25) is 0 Å². The molecular formula is C11H17NO3. The summed E-state index contributed by atoms with van der Waals surface area (Å²) in [6.07, 6.45) is 4.84. The Labute approximate surface area is 89.5 Å². The Hall–Kier alpha value is -1.29. The highest BCUT2D eigenvalue weighted by atomic mass is 16.4. The zero-order valence-corrected chi connectivity index (χ0v) is 9.27. The number of hydrogen-bond acceptors (Lipinski definition) is 3. The zero-order valence-electron chi connectivity index (χ0n) is 9.27. The van der Waals surface area contributed by atoms with Crippen molar-refractivity contribution in [3.63, 3.8) is 0 Å². The van der Waals surface area contributed by atoms with Gasteiger partial charge in [0.15, 0.2) is 0 Å². The first-order valence-corrected chi connectivity index (χ1v) is 5.00. The zero-order chi connectivity index (χ0) is 11.6. The van der Waals surface area contributed by atoms with Gasteiger partial charge >= 0.3 is 5.97 Å². The molecule has 0 aromatic carbocycles. The highest BCUT2D eigenvalue weighted by Crippen LogP contribution is 2.30. The molecule has 1 rings (SSSR count). The van der Waals surface area contributed by atoms with Crippen LogP contribution in [0.15, 0.2) is 23.9 Å². The number of aliphatic hydroxyl groups excluding tert-OH is 1. The third kappa shape index (κ3) is 2.04. The largest absolute Gasteiger partial charge is 0.478 e. The van der Waals surface area contributed by atoms with Crippen LogP contribution in [0.5, 0.6) is 0 Å². The number of hydrogen-bond donors (Lipinski definition) is 2. The monoisotopic (exact) mass is 211 g/mol. The Morgan fingerprint density at radius 1 is 1.60 bits per heavy atom. The second-order valence-electron chi connectivity index (χ2n) is 4.08. The van der Waals surface area contributed by atoms with E-state index >= 15 is 0 Å². The quantitative estimate of drug-likeness (QED) is 0.739. The molecule has 1 unspecified atom stereocenters. The van der Waals surface area contributed by atoms with E-state index in [1.54, 1.807) is 37.1 Å². The third-order valence-electron chi connectivity index (χ3n) is 2.73. The fraction of sp³-hybridized carbons (Fsp3) is 0.545. The molecule has 0 aromatic heterocycles. The van der Waals surface area contributed by atoms with Crippen molar-refractivity contribution in [2.45, 2.75) is 39.0 Å². The lowest BCUT2D eigenvalue weighted by Gasteiger charge is -2.42. The van der Waals surface area contributed by atoms with Gasteiger partial charge in [-0.2, -0.15) is 0 Å². The summed E-state index contributed by atoms with van der Waals surface area (Å²) in [6, 6.07) is 0. The number of carboxylic acid groups (broad SMARTS) is 1. The van der Waals surface area contributed by atoms with Crippen LogP contribution in [0.1, 0.15) is 27.2 Å². The van der Waals surface area contributed by atoms with Crippen molar-refractivity contribution in [1.29, 1.82) is 0 Å². The predicted octanol–water partition coefficient (Wildman–Crippen LogP) is 1.33. The van der Waals surface area contributed by atoms with Crippen LogP contribution in [0, 0.1) is 0 Å². The highest BCUT2D eigenvalue weighted by molar-refractivity contribution is 5.89. The van der Waals surface area contributed by atoms with E-state index in [9.17, 15) is 9.90 Å². The Bertz CT molecular complexity index is 318. The minimum atomic E-state index is -0.947. The van der Waals surface area contributed by atoms with Gasteiger partial charge in [0.25, 0.3) is 0 Å². The normalized spacial score (nSPS) is 21.1. The molecule has 0 amide bonds. The molecule has 0 radical (unpaired) electrons. The molecule has 0 bridgehead atoms. The maximum absolute atomic E-state index is 11.0. The smallest absolute Gasteiger partial charge is 0.333 e. The Morgan fingerprint density at radius 3 is 2.67 bits per heavy atom. The first kappa shape index (κ1) is 11.8. The topological polar surface area (TPSA) is 60.8 Å². The number of aliphatic hydroxyl groups is 1. The predicted molar refractivity (Wildman–Crippen MR) is 57.1 cm³/mol. The summed E-state index contributed by atoms with van der Waals surface area (Å²) in [6.45, 7) is 5.43. The van der Waals surface area contributed by atoms with Crippen LogP contribution in [0.25, 0.3) is 0 Å². The molecule has 0 aromatic rings. The number of allylic oxidation sites excluding steroid dienone is 2. The molecule has 0 saturated carbocycles. The van der Waals surface area contributed by atoms with Gasteiger partial charge in [-0.1, -0.05) is 6.92 Å². The van der Waals surface area contributed by atoms with Gasteiger partial charge in [0.2, 0.25) is 0 Å². The molecule has 1 heterocycles. The maximum Gasteiger partial charge on any atom is 0.333 e. The van der Waals surface area contributed by atoms with Gasteiger partial charge in [-0.05, 0) is 32.4 Å². The summed E-state index contributed by atoms with van der Waals surface area (Å²) in [7, 11) is 0. The summed E-state index contributed by atoms with van der Waals surface area (Å²) < 4.78 is 0. The fourth-order valence-corrected chi connectivity index (χ4v) is 1.76. The van der Waals surface area contributed by atoms with E-state index in [4.69, 9.17) is 5.11 Å². The minimum absolute atomic E-state index is 0.289. The number of carbonyl (C=O) groups is 1. The van der Waals surface area contributed by atoms with E-state index in [2.05, 4.69) is 0 Å². The standard InChI is InChI=1S/C11H17NO3/c1-4-9(13)12-7-5-6-8(10(14)15)11(12,2)3/h5-7,9,13H,4H2,1-3H3,(H,14,15). The molecule has 0 fully saturated rings. The van der Waals surface area contributed by atoms with Crippen molar-refractivity contribution >= 4 is 5.97 Å². The van der Waals surface area contributed by atoms with Crippen molar-refractivity contribution in [3.05, 3.63) is 23.9 Å². The highest BCUT2D eigenvalue weighted by Gasteiger charge is 2.37. The molecule has 1 atom stereocenters. The first-order chi connectivity index (χ1) is 6.91. The average molecular weight is 211 g/mol. The van der Waals surface area contributed by atoms with E-state index < -0.39 is 17.7 Å². The van der Waals surface area contributed by atoms with Crippen LogP contribution in [0.3, 0.4) is 0 Å². The number of carboxylic acids is 1. The average Bonchev–Trinajstić information content (AvgIpc) is 2.15. The van der Waals surface area contributed by atoms with Gasteiger partial charge < -0.3 is 15.1 Å². The van der Waals surface area contributed by atoms with Gasteiger partial charge in [-0.25, -0.2) is 4.79 Å². The summed E-state index contributed by atoms with van der Waals surface area (Å²) in [4.78, 5) is 12.7. The Kier molecular flexibility index (Phi) is 3.19. The van der Waals surface area contributed by atoms with Crippen molar-refractivity contribution in [1.82, 2.24) is 4.90 Å². The summed E-state index contributed by atoms with van der Waals surface area (Å²) in [5.41, 5.74) is -0.395. The summed E-state index contributed by atoms with van der Waals surface area (Å²) >= 11 is 0. The Morgan fingerprint density at radius 2 is 2.20 bits per heavy atom. The van der Waals surface area contributed by atoms with Crippen molar-refractivity contribution in [3.8, 4) is 0 Å². The lowest BCUT2D eigenvalue weighted by molar-refractivity contribution is -0.134. The molecule has 0 aliphatic carbocycles. The van der Waals surface area contributed by atoms with E-state index in [-0.39, 0.29) is 5.57 Å². The summed E-state index contributed by atoms with van der Waals surface area (Å²) in [5.74, 6) is -0.947. The molecule has 2 N–H and O–H groups in total. The maximum atomic E-state index is 11.0. The van der Waals surface area contributed by atoms with Gasteiger partial charge in [0.1, 0.15) is 6.23 Å². The fourth-order valence-electron chi connectivity index (χ4n) is 1.76. The van der Waals surface area contributed by atoms with Crippen molar-refractivity contribution < 1.29 is 15.0 Å². The van der Waals surface area contributed by atoms with Crippen molar-refractivity contribution in [2.75, 3.05) is 0 Å². The van der Waals surface area contributed by atoms with E-state index in [0.717, 1.165) is 0 Å². The molecular weight excluding hydrogens is 194 g/mol. The van der Waals surface area contributed by atoms with Crippen molar-refractivity contribution in [2.24, 2.45) is 0 Å². The number of rotatable bonds is 3. The lowest BCUT2D eigenvalue weighted by atomic mass is 9.89. The van der Waals surface area contributed by atoms with Gasteiger partial charge in [-0.15, -0.1) is 0 Å². The summed E-state index contributed by atoms with van der Waals surface area (Å²) in [5, 5.41) is 18.8. The van der Waals surface area contributed by atoms with E-state index in [1.807, 2.05) is 6.92 Å². The molecule has 84 valence electrons. The van der Waals surface area contributed by atoms with Gasteiger partial charge in [0.05, 0.1) is 11.1 Å².